The number of phenols is 1. The summed E-state index contributed by atoms with van der Waals surface area (Å²) in [6, 6.07) is 17.6. The summed E-state index contributed by atoms with van der Waals surface area (Å²) in [5.41, 5.74) is 0.821. The van der Waals surface area contributed by atoms with Gasteiger partial charge >= 0.3 is 5.97 Å². The molecule has 0 atom stereocenters. The van der Waals surface area contributed by atoms with E-state index in [9.17, 15) is 55.4 Å². The summed E-state index contributed by atoms with van der Waals surface area (Å²) < 4.78 is 100. The summed E-state index contributed by atoms with van der Waals surface area (Å²) in [7, 11) is -5.72. The minimum absolute atomic E-state index is 0.0615. The van der Waals surface area contributed by atoms with Crippen molar-refractivity contribution in [1.29, 1.82) is 5.26 Å². The first-order valence-electron chi connectivity index (χ1n) is 15.7. The number of rotatable bonds is 11. The van der Waals surface area contributed by atoms with Gasteiger partial charge in [0.15, 0.2) is 28.2 Å². The van der Waals surface area contributed by atoms with Gasteiger partial charge in [0.1, 0.15) is 11.3 Å². The van der Waals surface area contributed by atoms with Crippen molar-refractivity contribution in [1.82, 2.24) is 4.31 Å². The van der Waals surface area contributed by atoms with Gasteiger partial charge in [0.05, 0.1) is 24.7 Å². The van der Waals surface area contributed by atoms with Gasteiger partial charge in [0.2, 0.25) is 21.7 Å². The van der Waals surface area contributed by atoms with Crippen molar-refractivity contribution in [2.24, 2.45) is 0 Å². The summed E-state index contributed by atoms with van der Waals surface area (Å²) in [5, 5.41) is 29.4. The topological polar surface area (TPSA) is 139 Å². The molecule has 15 heteroatoms. The van der Waals surface area contributed by atoms with Crippen LogP contribution in [0.2, 0.25) is 0 Å². The third kappa shape index (κ3) is 7.72. The first-order chi connectivity index (χ1) is 24.2. The Morgan fingerprint density at radius 3 is 2.02 bits per heavy atom. The average molecular weight is 728 g/mol. The highest BCUT2D eigenvalue weighted by atomic mass is 32.2. The Balaban J connectivity index is 1.58. The molecule has 5 rings (SSSR count). The van der Waals surface area contributed by atoms with Crippen LogP contribution in [0.1, 0.15) is 70.6 Å². The van der Waals surface area contributed by atoms with E-state index in [0.29, 0.717) is 11.5 Å². The lowest BCUT2D eigenvalue weighted by atomic mass is 9.84. The standard InChI is InChI=1S/C36H30F5N3O6S/c37-30-31(38)33(40)35(34(41)32(30)39)51(49,50)43(19-25-9-5-4-8-24(25)17-42)20-29(46)44(26-14-15-27(36(47)48)28(45)16-26)18-21-10-12-23(13-11-21)22-6-2-1-3-7-22/h4-5,8-16,22,45H,1-3,6-7,18-20H2,(H,47,48). The molecule has 1 amide bonds. The highest BCUT2D eigenvalue weighted by molar-refractivity contribution is 7.89. The molecule has 1 aliphatic rings. The van der Waals surface area contributed by atoms with Gasteiger partial charge in [-0.3, -0.25) is 4.79 Å². The van der Waals surface area contributed by atoms with Gasteiger partial charge in [-0.05, 0) is 53.6 Å². The van der Waals surface area contributed by atoms with Gasteiger partial charge in [-0.1, -0.05) is 61.7 Å². The molecule has 0 spiro atoms. The fraction of sp³-hybridized carbons (Fsp3) is 0.250. The maximum Gasteiger partial charge on any atom is 0.339 e. The lowest BCUT2D eigenvalue weighted by Crippen LogP contribution is -2.43. The van der Waals surface area contributed by atoms with Crippen LogP contribution in [0.15, 0.2) is 71.6 Å². The lowest BCUT2D eigenvalue weighted by molar-refractivity contribution is -0.119. The SMILES string of the molecule is N#Cc1ccccc1CN(CC(=O)N(Cc1ccc(C2CCCCC2)cc1)c1ccc(C(=O)O)c(O)c1)S(=O)(=O)c1c(F)c(F)c(F)c(F)c1F. The molecule has 0 unspecified atom stereocenters. The van der Waals surface area contributed by atoms with Crippen LogP contribution in [0.4, 0.5) is 27.6 Å². The van der Waals surface area contributed by atoms with Crippen LogP contribution in [0.5, 0.6) is 5.75 Å². The van der Waals surface area contributed by atoms with Crippen LogP contribution in [-0.4, -0.2) is 41.4 Å². The molecular formula is C36H30F5N3O6S. The number of carboxylic acid groups (broad SMARTS) is 1. The van der Waals surface area contributed by atoms with Gasteiger partial charge in [-0.15, -0.1) is 0 Å². The first-order valence-corrected chi connectivity index (χ1v) is 17.1. The van der Waals surface area contributed by atoms with Crippen LogP contribution in [-0.2, 0) is 27.9 Å². The van der Waals surface area contributed by atoms with Gasteiger partial charge < -0.3 is 15.1 Å². The molecular weight excluding hydrogens is 697 g/mol. The summed E-state index contributed by atoms with van der Waals surface area (Å²) in [5.74, 6) is -15.9. The molecule has 0 heterocycles. The van der Waals surface area contributed by atoms with E-state index in [1.807, 2.05) is 18.2 Å². The second kappa shape index (κ2) is 15.3. The second-order valence-corrected chi connectivity index (χ2v) is 13.9. The Labute approximate surface area is 289 Å². The molecule has 1 aliphatic carbocycles. The zero-order valence-corrected chi connectivity index (χ0v) is 27.6. The highest BCUT2D eigenvalue weighted by Crippen LogP contribution is 2.34. The summed E-state index contributed by atoms with van der Waals surface area (Å²) >= 11 is 0. The fourth-order valence-corrected chi connectivity index (χ4v) is 7.55. The molecule has 1 fully saturated rings. The molecule has 0 radical (unpaired) electrons. The maximum atomic E-state index is 15.0. The number of carboxylic acids is 1. The molecule has 4 aromatic carbocycles. The van der Waals surface area contributed by atoms with E-state index in [1.54, 1.807) is 12.1 Å². The summed E-state index contributed by atoms with van der Waals surface area (Å²) in [6.07, 6.45) is 5.36. The average Bonchev–Trinajstić information content (AvgIpc) is 3.12. The molecule has 1 saturated carbocycles. The number of anilines is 1. The molecule has 0 aromatic heterocycles. The number of aromatic hydroxyl groups is 1. The smallest absolute Gasteiger partial charge is 0.339 e. The van der Waals surface area contributed by atoms with E-state index < -0.39 is 80.3 Å². The second-order valence-electron chi connectivity index (χ2n) is 12.0. The number of carbonyl (C=O) groups is 2. The van der Waals surface area contributed by atoms with E-state index >= 15 is 0 Å². The van der Waals surface area contributed by atoms with Crippen molar-refractivity contribution in [3.05, 3.63) is 124 Å². The van der Waals surface area contributed by atoms with E-state index in [-0.39, 0.29) is 27.7 Å². The monoisotopic (exact) mass is 727 g/mol. The maximum absolute atomic E-state index is 15.0. The van der Waals surface area contributed by atoms with E-state index in [2.05, 4.69) is 0 Å². The normalized spacial score (nSPS) is 13.6. The van der Waals surface area contributed by atoms with Gasteiger partial charge in [-0.25, -0.2) is 35.2 Å². The third-order valence-electron chi connectivity index (χ3n) is 8.78. The Kier molecular flexibility index (Phi) is 11.1. The number of hydrogen-bond acceptors (Lipinski definition) is 6. The molecule has 4 aromatic rings. The van der Waals surface area contributed by atoms with Crippen LogP contribution >= 0.6 is 0 Å². The summed E-state index contributed by atoms with van der Waals surface area (Å²) in [4.78, 5) is 24.5. The van der Waals surface area contributed by atoms with Crippen molar-refractivity contribution in [3.8, 4) is 11.8 Å². The number of carbonyl (C=O) groups excluding carboxylic acids is 1. The Morgan fingerprint density at radius 1 is 0.824 bits per heavy atom. The molecule has 2 N–H and O–H groups in total. The van der Waals surface area contributed by atoms with Gasteiger partial charge in [-0.2, -0.15) is 9.57 Å². The quantitative estimate of drug-likeness (QED) is 0.0953. The minimum atomic E-state index is -5.72. The number of nitriles is 1. The van der Waals surface area contributed by atoms with E-state index in [1.165, 1.54) is 30.3 Å². The van der Waals surface area contributed by atoms with Crippen molar-refractivity contribution in [2.45, 2.75) is 56.0 Å². The molecule has 9 nitrogen and oxygen atoms in total. The fourth-order valence-electron chi connectivity index (χ4n) is 6.07. The predicted octanol–water partition coefficient (Wildman–Crippen LogP) is 7.13. The molecule has 0 aliphatic heterocycles. The molecule has 0 bridgehead atoms. The highest BCUT2D eigenvalue weighted by Gasteiger charge is 2.39. The van der Waals surface area contributed by atoms with E-state index in [0.717, 1.165) is 54.7 Å². The van der Waals surface area contributed by atoms with Crippen molar-refractivity contribution in [3.63, 3.8) is 0 Å². The zero-order valence-electron chi connectivity index (χ0n) is 26.8. The number of aromatic carboxylic acids is 1. The Hall–Kier alpha value is -5.33. The van der Waals surface area contributed by atoms with Gasteiger partial charge in [0, 0.05) is 18.3 Å². The van der Waals surface area contributed by atoms with Crippen molar-refractivity contribution in [2.75, 3.05) is 11.4 Å². The van der Waals surface area contributed by atoms with Crippen LogP contribution in [0.25, 0.3) is 0 Å². The zero-order chi connectivity index (χ0) is 37.0. The van der Waals surface area contributed by atoms with Crippen LogP contribution in [0.3, 0.4) is 0 Å². The molecule has 51 heavy (non-hydrogen) atoms. The van der Waals surface area contributed by atoms with Crippen molar-refractivity contribution < 1.29 is 50.2 Å². The number of halogens is 5. The predicted molar refractivity (Wildman–Crippen MR) is 174 cm³/mol. The third-order valence-corrected chi connectivity index (χ3v) is 10.6. The number of sulfonamides is 1. The Bertz CT molecular complexity index is 2110. The minimum Gasteiger partial charge on any atom is -0.507 e. The Morgan fingerprint density at radius 2 is 1.43 bits per heavy atom. The summed E-state index contributed by atoms with van der Waals surface area (Å²) in [6.45, 7) is -2.45. The largest absolute Gasteiger partial charge is 0.507 e. The van der Waals surface area contributed by atoms with Crippen LogP contribution < -0.4 is 4.90 Å². The number of hydrogen-bond donors (Lipinski definition) is 2. The molecule has 0 saturated heterocycles. The number of benzene rings is 4. The van der Waals surface area contributed by atoms with Crippen molar-refractivity contribution >= 4 is 27.6 Å². The van der Waals surface area contributed by atoms with Crippen LogP contribution in [0, 0.1) is 40.4 Å². The number of nitrogens with zero attached hydrogens (tertiary/aromatic N) is 3. The molecule has 266 valence electrons. The first kappa shape index (κ1) is 36.9. The lowest BCUT2D eigenvalue weighted by Gasteiger charge is -2.28. The number of amides is 1. The van der Waals surface area contributed by atoms with E-state index in [4.69, 9.17) is 0 Å². The van der Waals surface area contributed by atoms with Gasteiger partial charge in [0.25, 0.3) is 0 Å².